The summed E-state index contributed by atoms with van der Waals surface area (Å²) in [6.07, 6.45) is 1.20. The smallest absolute Gasteiger partial charge is 0.265 e. The number of pyridine rings is 1. The number of nitrogens with two attached hydrogens (primary N) is 1. The van der Waals surface area contributed by atoms with Crippen LogP contribution >= 0.6 is 12.2 Å². The number of sulfonamides is 1. The van der Waals surface area contributed by atoms with Gasteiger partial charge in [0.15, 0.2) is 0 Å². The van der Waals surface area contributed by atoms with Crippen molar-refractivity contribution in [2.24, 2.45) is 5.73 Å². The van der Waals surface area contributed by atoms with Gasteiger partial charge in [0.2, 0.25) is 0 Å². The standard InChI is InChI=1S/C13H13N3O3S2/c1-16(9-3-2-4-10(17)7-9)21(18,19)11-5-6-12(13(14)20)15-8-11/h2-8,17H,1H3,(H2,14,20). The molecule has 0 aliphatic rings. The topological polar surface area (TPSA) is 96.5 Å². The molecule has 1 aromatic carbocycles. The number of phenols is 1. The summed E-state index contributed by atoms with van der Waals surface area (Å²) >= 11 is 4.77. The van der Waals surface area contributed by atoms with Crippen molar-refractivity contribution in [3.8, 4) is 5.75 Å². The highest BCUT2D eigenvalue weighted by Gasteiger charge is 2.22. The lowest BCUT2D eigenvalue weighted by atomic mass is 10.3. The third kappa shape index (κ3) is 3.11. The van der Waals surface area contributed by atoms with Crippen molar-refractivity contribution in [2.75, 3.05) is 11.4 Å². The second-order valence-corrected chi connectivity index (χ2v) is 6.64. The Balaban J connectivity index is 2.39. The molecule has 2 aromatic rings. The van der Waals surface area contributed by atoms with Gasteiger partial charge < -0.3 is 10.8 Å². The van der Waals surface area contributed by atoms with Gasteiger partial charge in [0.25, 0.3) is 10.0 Å². The van der Waals surface area contributed by atoms with Gasteiger partial charge in [0.1, 0.15) is 15.6 Å². The van der Waals surface area contributed by atoms with Crippen molar-refractivity contribution < 1.29 is 13.5 Å². The van der Waals surface area contributed by atoms with Crippen LogP contribution in [-0.4, -0.2) is 30.5 Å². The third-order valence-corrected chi connectivity index (χ3v) is 4.82. The van der Waals surface area contributed by atoms with E-state index in [4.69, 9.17) is 18.0 Å². The van der Waals surface area contributed by atoms with Crippen molar-refractivity contribution >= 4 is 32.9 Å². The molecule has 0 radical (unpaired) electrons. The van der Waals surface area contributed by atoms with Gasteiger partial charge in [0.05, 0.1) is 11.4 Å². The highest BCUT2D eigenvalue weighted by atomic mass is 32.2. The van der Waals surface area contributed by atoms with E-state index in [0.717, 1.165) is 4.31 Å². The van der Waals surface area contributed by atoms with Crippen molar-refractivity contribution in [3.63, 3.8) is 0 Å². The molecule has 0 aliphatic carbocycles. The number of benzene rings is 1. The summed E-state index contributed by atoms with van der Waals surface area (Å²) in [5.74, 6) is -0.0171. The molecule has 0 saturated carbocycles. The maximum Gasteiger partial charge on any atom is 0.265 e. The van der Waals surface area contributed by atoms with E-state index in [9.17, 15) is 13.5 Å². The fraction of sp³-hybridized carbons (Fsp3) is 0.0769. The van der Waals surface area contributed by atoms with Crippen LogP contribution in [0.2, 0.25) is 0 Å². The summed E-state index contributed by atoms with van der Waals surface area (Å²) < 4.78 is 26.0. The molecule has 0 spiro atoms. The van der Waals surface area contributed by atoms with Crippen LogP contribution < -0.4 is 10.0 Å². The van der Waals surface area contributed by atoms with E-state index in [-0.39, 0.29) is 15.6 Å². The van der Waals surface area contributed by atoms with Crippen molar-refractivity contribution in [3.05, 3.63) is 48.3 Å². The third-order valence-electron chi connectivity index (χ3n) is 2.84. The number of nitrogens with zero attached hydrogens (tertiary/aromatic N) is 2. The molecule has 3 N–H and O–H groups in total. The predicted octanol–water partition coefficient (Wildman–Crippen LogP) is 1.25. The molecule has 0 unspecified atom stereocenters. The van der Waals surface area contributed by atoms with E-state index in [1.54, 1.807) is 12.1 Å². The van der Waals surface area contributed by atoms with Crippen molar-refractivity contribution in [1.29, 1.82) is 0 Å². The molecule has 0 aliphatic heterocycles. The number of aromatic hydroxyl groups is 1. The summed E-state index contributed by atoms with van der Waals surface area (Å²) in [5, 5.41) is 9.43. The lowest BCUT2D eigenvalue weighted by molar-refractivity contribution is 0.475. The van der Waals surface area contributed by atoms with Crippen LogP contribution in [0.5, 0.6) is 5.75 Å². The number of thiocarbonyl (C=S) groups is 1. The Bertz CT molecular complexity index is 774. The summed E-state index contributed by atoms with van der Waals surface area (Å²) in [7, 11) is -2.38. The van der Waals surface area contributed by atoms with Gasteiger partial charge >= 0.3 is 0 Å². The van der Waals surface area contributed by atoms with Gasteiger partial charge in [-0.2, -0.15) is 0 Å². The SMILES string of the molecule is CN(c1cccc(O)c1)S(=O)(=O)c1ccc(C(N)=S)nc1. The Morgan fingerprint density at radius 3 is 2.57 bits per heavy atom. The number of hydrogen-bond acceptors (Lipinski definition) is 5. The predicted molar refractivity (Wildman–Crippen MR) is 83.8 cm³/mol. The largest absolute Gasteiger partial charge is 0.508 e. The highest BCUT2D eigenvalue weighted by molar-refractivity contribution is 7.92. The lowest BCUT2D eigenvalue weighted by Gasteiger charge is -2.19. The zero-order valence-corrected chi connectivity index (χ0v) is 12.7. The quantitative estimate of drug-likeness (QED) is 0.822. The minimum atomic E-state index is -3.78. The minimum absolute atomic E-state index is 0.00772. The fourth-order valence-corrected chi connectivity index (χ4v) is 2.92. The van der Waals surface area contributed by atoms with E-state index in [1.807, 2.05) is 0 Å². The first-order valence-corrected chi connectivity index (χ1v) is 7.71. The number of rotatable bonds is 4. The Kier molecular flexibility index (Phi) is 4.10. The van der Waals surface area contributed by atoms with Crippen LogP contribution in [0.25, 0.3) is 0 Å². The van der Waals surface area contributed by atoms with E-state index in [0.29, 0.717) is 11.4 Å². The van der Waals surface area contributed by atoms with Crippen molar-refractivity contribution in [2.45, 2.75) is 4.90 Å². The molecule has 6 nitrogen and oxygen atoms in total. The first-order chi connectivity index (χ1) is 9.82. The summed E-state index contributed by atoms with van der Waals surface area (Å²) in [6, 6.07) is 8.79. The normalized spacial score (nSPS) is 11.1. The summed E-state index contributed by atoms with van der Waals surface area (Å²) in [6.45, 7) is 0. The Morgan fingerprint density at radius 2 is 2.05 bits per heavy atom. The van der Waals surface area contributed by atoms with Gasteiger partial charge in [-0.15, -0.1) is 0 Å². The molecule has 0 amide bonds. The fourth-order valence-electron chi connectivity index (χ4n) is 1.66. The number of anilines is 1. The van der Waals surface area contributed by atoms with Crippen LogP contribution in [-0.2, 0) is 10.0 Å². The van der Waals surface area contributed by atoms with Gasteiger partial charge in [0, 0.05) is 19.3 Å². The zero-order valence-electron chi connectivity index (χ0n) is 11.1. The maximum atomic E-state index is 12.5. The van der Waals surface area contributed by atoms with Crippen LogP contribution in [0.15, 0.2) is 47.5 Å². The van der Waals surface area contributed by atoms with E-state index < -0.39 is 10.0 Å². The number of phenolic OH excluding ortho intramolecular Hbond substituents is 1. The zero-order chi connectivity index (χ0) is 15.6. The van der Waals surface area contributed by atoms with Gasteiger partial charge in [-0.1, -0.05) is 18.3 Å². The first-order valence-electron chi connectivity index (χ1n) is 5.86. The molecule has 1 heterocycles. The molecule has 8 heteroatoms. The van der Waals surface area contributed by atoms with Gasteiger partial charge in [-0.25, -0.2) is 8.42 Å². The van der Waals surface area contributed by atoms with E-state index in [1.165, 1.54) is 37.5 Å². The highest BCUT2D eigenvalue weighted by Crippen LogP contribution is 2.24. The average Bonchev–Trinajstić information content (AvgIpc) is 2.46. The molecule has 1 aromatic heterocycles. The minimum Gasteiger partial charge on any atom is -0.508 e. The van der Waals surface area contributed by atoms with Gasteiger partial charge in [-0.05, 0) is 24.3 Å². The van der Waals surface area contributed by atoms with Crippen LogP contribution in [0, 0.1) is 0 Å². The number of aromatic nitrogens is 1. The average molecular weight is 323 g/mol. The summed E-state index contributed by atoms with van der Waals surface area (Å²) in [4.78, 5) is 4.02. The second kappa shape index (κ2) is 5.66. The van der Waals surface area contributed by atoms with Crippen LogP contribution in [0.1, 0.15) is 5.69 Å². The van der Waals surface area contributed by atoms with Crippen LogP contribution in [0.3, 0.4) is 0 Å². The molecule has 0 saturated heterocycles. The molecular weight excluding hydrogens is 310 g/mol. The molecule has 0 bridgehead atoms. The van der Waals surface area contributed by atoms with Crippen molar-refractivity contribution in [1.82, 2.24) is 4.98 Å². The molecule has 0 fully saturated rings. The monoisotopic (exact) mass is 323 g/mol. The lowest BCUT2D eigenvalue weighted by Crippen LogP contribution is -2.26. The van der Waals surface area contributed by atoms with E-state index in [2.05, 4.69) is 4.98 Å². The van der Waals surface area contributed by atoms with Gasteiger partial charge in [-0.3, -0.25) is 9.29 Å². The molecule has 110 valence electrons. The number of hydrogen-bond donors (Lipinski definition) is 2. The first kappa shape index (κ1) is 15.2. The Hall–Kier alpha value is -2.19. The van der Waals surface area contributed by atoms with Crippen LogP contribution in [0.4, 0.5) is 5.69 Å². The molecule has 2 rings (SSSR count). The summed E-state index contributed by atoms with van der Waals surface area (Å²) in [5.41, 5.74) is 6.11. The van der Waals surface area contributed by atoms with E-state index >= 15 is 0 Å². The second-order valence-electron chi connectivity index (χ2n) is 4.24. The maximum absolute atomic E-state index is 12.5. The Labute approximate surface area is 127 Å². The molecule has 21 heavy (non-hydrogen) atoms. The molecular formula is C13H13N3O3S2. The Morgan fingerprint density at radius 1 is 1.33 bits per heavy atom. The molecule has 0 atom stereocenters.